The first kappa shape index (κ1) is 19.9. The molecule has 0 bridgehead atoms. The molecule has 1 aromatic rings. The minimum Gasteiger partial charge on any atom is -0.326 e. The summed E-state index contributed by atoms with van der Waals surface area (Å²) in [4.78, 5) is 14.4. The summed E-state index contributed by atoms with van der Waals surface area (Å²) in [6.45, 7) is 6.53. The van der Waals surface area contributed by atoms with Gasteiger partial charge in [-0.15, -0.1) is 0 Å². The number of hydrogen-bond donors (Lipinski definition) is 2. The van der Waals surface area contributed by atoms with E-state index in [1.807, 2.05) is 12.1 Å². The van der Waals surface area contributed by atoms with Crippen LogP contribution < -0.4 is 10.0 Å². The van der Waals surface area contributed by atoms with Gasteiger partial charge in [-0.25, -0.2) is 13.1 Å². The molecule has 0 saturated carbocycles. The quantitative estimate of drug-likeness (QED) is 0.739. The third kappa shape index (κ3) is 6.76. The van der Waals surface area contributed by atoms with Gasteiger partial charge in [-0.2, -0.15) is 0 Å². The molecular weight excluding hydrogens is 338 g/mol. The smallest absolute Gasteiger partial charge is 0.225 e. The van der Waals surface area contributed by atoms with E-state index in [9.17, 15) is 13.2 Å². The predicted molar refractivity (Wildman–Crippen MR) is 101 cm³/mol. The SMILES string of the molecule is CC(C)S(=O)(=O)NCc1ccc(NC(=O)CCN2CCCCC2)cc1. The van der Waals surface area contributed by atoms with Gasteiger partial charge in [0.2, 0.25) is 15.9 Å². The maximum Gasteiger partial charge on any atom is 0.225 e. The summed E-state index contributed by atoms with van der Waals surface area (Å²) < 4.78 is 26.1. The number of nitrogens with one attached hydrogen (secondary N) is 2. The lowest BCUT2D eigenvalue weighted by atomic mass is 10.1. The van der Waals surface area contributed by atoms with E-state index >= 15 is 0 Å². The van der Waals surface area contributed by atoms with Gasteiger partial charge in [-0.05, 0) is 57.5 Å². The molecule has 25 heavy (non-hydrogen) atoms. The van der Waals surface area contributed by atoms with Gasteiger partial charge in [0.1, 0.15) is 0 Å². The highest BCUT2D eigenvalue weighted by molar-refractivity contribution is 7.90. The van der Waals surface area contributed by atoms with Gasteiger partial charge < -0.3 is 10.2 Å². The number of carbonyl (C=O) groups excluding carboxylic acids is 1. The molecule has 0 aliphatic carbocycles. The van der Waals surface area contributed by atoms with Crippen molar-refractivity contribution in [2.45, 2.75) is 51.3 Å². The zero-order valence-electron chi connectivity index (χ0n) is 15.1. The van der Waals surface area contributed by atoms with Crippen molar-refractivity contribution in [2.24, 2.45) is 0 Å². The summed E-state index contributed by atoms with van der Waals surface area (Å²) in [6.07, 6.45) is 4.24. The van der Waals surface area contributed by atoms with Crippen LogP contribution in [0.1, 0.15) is 45.1 Å². The van der Waals surface area contributed by atoms with E-state index in [-0.39, 0.29) is 12.5 Å². The zero-order chi connectivity index (χ0) is 18.3. The fourth-order valence-electron chi connectivity index (χ4n) is 2.72. The van der Waals surface area contributed by atoms with E-state index in [0.717, 1.165) is 30.9 Å². The van der Waals surface area contributed by atoms with Crippen LogP contribution in [0.4, 0.5) is 5.69 Å². The highest BCUT2D eigenvalue weighted by Gasteiger charge is 2.15. The lowest BCUT2D eigenvalue weighted by Crippen LogP contribution is -2.32. The van der Waals surface area contributed by atoms with Crippen LogP contribution in [0.2, 0.25) is 0 Å². The van der Waals surface area contributed by atoms with Gasteiger partial charge in [0, 0.05) is 25.2 Å². The summed E-state index contributed by atoms with van der Waals surface area (Å²) in [5, 5.41) is 2.44. The topological polar surface area (TPSA) is 78.5 Å². The number of benzene rings is 1. The van der Waals surface area contributed by atoms with Crippen LogP contribution >= 0.6 is 0 Å². The Morgan fingerprint density at radius 3 is 2.36 bits per heavy atom. The number of amides is 1. The number of carbonyl (C=O) groups is 1. The average molecular weight is 368 g/mol. The molecule has 2 rings (SSSR count). The van der Waals surface area contributed by atoms with Crippen LogP contribution in [0, 0.1) is 0 Å². The number of likely N-dealkylation sites (tertiary alicyclic amines) is 1. The van der Waals surface area contributed by atoms with Gasteiger partial charge in [-0.1, -0.05) is 18.6 Å². The zero-order valence-corrected chi connectivity index (χ0v) is 15.9. The molecule has 1 aliphatic rings. The van der Waals surface area contributed by atoms with Crippen LogP contribution in [-0.2, 0) is 21.4 Å². The van der Waals surface area contributed by atoms with Gasteiger partial charge in [-0.3, -0.25) is 4.79 Å². The van der Waals surface area contributed by atoms with Crippen molar-refractivity contribution in [3.8, 4) is 0 Å². The van der Waals surface area contributed by atoms with Gasteiger partial charge in [0.25, 0.3) is 0 Å². The summed E-state index contributed by atoms with van der Waals surface area (Å²) in [7, 11) is -3.27. The largest absolute Gasteiger partial charge is 0.326 e. The van der Waals surface area contributed by atoms with Crippen LogP contribution in [0.5, 0.6) is 0 Å². The van der Waals surface area contributed by atoms with Crippen molar-refractivity contribution in [1.29, 1.82) is 0 Å². The molecule has 0 unspecified atom stereocenters. The second-order valence-electron chi connectivity index (χ2n) is 6.81. The number of rotatable bonds is 8. The molecule has 1 aromatic carbocycles. The molecule has 1 fully saturated rings. The number of sulfonamides is 1. The second kappa shape index (κ2) is 9.31. The predicted octanol–water partition coefficient (Wildman–Crippen LogP) is 2.33. The molecule has 6 nitrogen and oxygen atoms in total. The summed E-state index contributed by atoms with van der Waals surface area (Å²) in [5.74, 6) is 0.0128. The monoisotopic (exact) mass is 367 g/mol. The molecule has 0 radical (unpaired) electrons. The van der Waals surface area contributed by atoms with Crippen molar-refractivity contribution in [2.75, 3.05) is 25.0 Å². The Morgan fingerprint density at radius 2 is 1.76 bits per heavy atom. The second-order valence-corrected chi connectivity index (χ2v) is 9.13. The van der Waals surface area contributed by atoms with E-state index < -0.39 is 15.3 Å². The van der Waals surface area contributed by atoms with Crippen molar-refractivity contribution < 1.29 is 13.2 Å². The highest BCUT2D eigenvalue weighted by Crippen LogP contribution is 2.12. The van der Waals surface area contributed by atoms with E-state index in [1.54, 1.807) is 26.0 Å². The number of hydrogen-bond acceptors (Lipinski definition) is 4. The Morgan fingerprint density at radius 1 is 1.12 bits per heavy atom. The number of nitrogens with zero attached hydrogens (tertiary/aromatic N) is 1. The molecule has 140 valence electrons. The van der Waals surface area contributed by atoms with Crippen LogP contribution in [0.3, 0.4) is 0 Å². The first-order chi connectivity index (χ1) is 11.9. The first-order valence-electron chi connectivity index (χ1n) is 8.96. The molecule has 1 saturated heterocycles. The minimum atomic E-state index is -3.27. The molecule has 0 spiro atoms. The maximum absolute atomic E-state index is 12.0. The molecular formula is C18H29N3O3S. The first-order valence-corrected chi connectivity index (χ1v) is 10.5. The summed E-state index contributed by atoms with van der Waals surface area (Å²) in [5.41, 5.74) is 1.59. The maximum atomic E-state index is 12.0. The Kier molecular flexibility index (Phi) is 7.40. The fourth-order valence-corrected chi connectivity index (χ4v) is 3.42. The van der Waals surface area contributed by atoms with Crippen LogP contribution in [0.15, 0.2) is 24.3 Å². The Balaban J connectivity index is 1.76. The Labute approximate surface area is 151 Å². The lowest BCUT2D eigenvalue weighted by Gasteiger charge is -2.25. The number of anilines is 1. The highest BCUT2D eigenvalue weighted by atomic mass is 32.2. The van der Waals surface area contributed by atoms with E-state index in [2.05, 4.69) is 14.9 Å². The molecule has 7 heteroatoms. The molecule has 1 amide bonds. The van der Waals surface area contributed by atoms with E-state index in [0.29, 0.717) is 6.42 Å². The number of piperidine rings is 1. The fraction of sp³-hybridized carbons (Fsp3) is 0.611. The third-order valence-corrected chi connectivity index (χ3v) is 6.23. The van der Waals surface area contributed by atoms with Gasteiger partial charge in [0.05, 0.1) is 5.25 Å². The standard InChI is InChI=1S/C18H29N3O3S/c1-15(2)25(23,24)19-14-16-6-8-17(9-7-16)20-18(22)10-13-21-11-4-3-5-12-21/h6-9,15,19H,3-5,10-14H2,1-2H3,(H,20,22). The summed E-state index contributed by atoms with van der Waals surface area (Å²) in [6, 6.07) is 7.25. The van der Waals surface area contributed by atoms with Gasteiger partial charge in [0.15, 0.2) is 0 Å². The third-order valence-electron chi connectivity index (χ3n) is 4.44. The average Bonchev–Trinajstić information content (AvgIpc) is 2.60. The van der Waals surface area contributed by atoms with Crippen molar-refractivity contribution in [3.05, 3.63) is 29.8 Å². The van der Waals surface area contributed by atoms with E-state index in [1.165, 1.54) is 19.3 Å². The molecule has 2 N–H and O–H groups in total. The molecule has 1 aliphatic heterocycles. The van der Waals surface area contributed by atoms with E-state index in [4.69, 9.17) is 0 Å². The molecule has 1 heterocycles. The summed E-state index contributed by atoms with van der Waals surface area (Å²) >= 11 is 0. The van der Waals surface area contributed by atoms with Gasteiger partial charge >= 0.3 is 0 Å². The molecule has 0 aromatic heterocycles. The lowest BCUT2D eigenvalue weighted by molar-refractivity contribution is -0.116. The molecule has 0 atom stereocenters. The minimum absolute atomic E-state index is 0.0128. The van der Waals surface area contributed by atoms with Crippen molar-refractivity contribution in [3.63, 3.8) is 0 Å². The Hall–Kier alpha value is -1.44. The Bertz CT molecular complexity index is 651. The van der Waals surface area contributed by atoms with Crippen LogP contribution in [0.25, 0.3) is 0 Å². The van der Waals surface area contributed by atoms with Crippen molar-refractivity contribution in [1.82, 2.24) is 9.62 Å². The van der Waals surface area contributed by atoms with Crippen LogP contribution in [-0.4, -0.2) is 44.1 Å². The van der Waals surface area contributed by atoms with Crippen molar-refractivity contribution >= 4 is 21.6 Å². The normalized spacial score (nSPS) is 16.1.